The highest BCUT2D eigenvalue weighted by molar-refractivity contribution is 5.66. The molecule has 1 aromatic rings. The Morgan fingerprint density at radius 1 is 1.40 bits per heavy atom. The molecule has 0 heterocycles. The molecule has 0 saturated carbocycles. The fourth-order valence-electron chi connectivity index (χ4n) is 2.27. The van der Waals surface area contributed by atoms with Crippen molar-refractivity contribution in [3.8, 4) is 0 Å². The molecule has 20 heavy (non-hydrogen) atoms. The highest BCUT2D eigenvalue weighted by atomic mass is 16.6. The molecule has 0 atom stereocenters. The predicted molar refractivity (Wildman–Crippen MR) is 83.2 cm³/mol. The van der Waals surface area contributed by atoms with Gasteiger partial charge in [-0.3, -0.25) is 10.1 Å². The summed E-state index contributed by atoms with van der Waals surface area (Å²) in [7, 11) is 0. The summed E-state index contributed by atoms with van der Waals surface area (Å²) in [5, 5.41) is 11.3. The van der Waals surface area contributed by atoms with Crippen LogP contribution in [0.25, 0.3) is 0 Å². The number of aryl methyl sites for hydroxylation is 1. The quantitative estimate of drug-likeness (QED) is 0.615. The zero-order valence-corrected chi connectivity index (χ0v) is 12.8. The third-order valence-corrected chi connectivity index (χ3v) is 3.40. The summed E-state index contributed by atoms with van der Waals surface area (Å²) in [6.45, 7) is 10.1. The lowest BCUT2D eigenvalue weighted by Gasteiger charge is -2.33. The fourth-order valence-corrected chi connectivity index (χ4v) is 2.27. The Kier molecular flexibility index (Phi) is 5.51. The minimum atomic E-state index is -0.289. The van der Waals surface area contributed by atoms with E-state index in [2.05, 4.69) is 25.7 Å². The standard InChI is InChI=1S/C15H25N3O2/c1-5-9-17(11-15(3,4)10-16)13-8-6-7-12(2)14(13)18(19)20/h6-8H,5,9-11,16H2,1-4H3. The minimum absolute atomic E-state index is 0.0766. The second-order valence-corrected chi connectivity index (χ2v) is 5.99. The van der Waals surface area contributed by atoms with Crippen LogP contribution in [-0.4, -0.2) is 24.6 Å². The number of nitro benzene ring substituents is 1. The monoisotopic (exact) mass is 279 g/mol. The number of benzene rings is 1. The molecular weight excluding hydrogens is 254 g/mol. The van der Waals surface area contributed by atoms with Gasteiger partial charge in [0.05, 0.1) is 4.92 Å². The summed E-state index contributed by atoms with van der Waals surface area (Å²) in [6, 6.07) is 5.48. The van der Waals surface area contributed by atoms with Gasteiger partial charge in [0.15, 0.2) is 0 Å². The van der Waals surface area contributed by atoms with Gasteiger partial charge in [-0.15, -0.1) is 0 Å². The van der Waals surface area contributed by atoms with E-state index in [0.29, 0.717) is 24.3 Å². The molecule has 0 aromatic heterocycles. The van der Waals surface area contributed by atoms with Gasteiger partial charge < -0.3 is 10.6 Å². The SMILES string of the molecule is CCCN(CC(C)(C)CN)c1cccc(C)c1[N+](=O)[O-]. The van der Waals surface area contributed by atoms with E-state index in [1.165, 1.54) is 0 Å². The largest absolute Gasteiger partial charge is 0.365 e. The van der Waals surface area contributed by atoms with Gasteiger partial charge >= 0.3 is 0 Å². The molecule has 0 aliphatic carbocycles. The van der Waals surface area contributed by atoms with Crippen LogP contribution in [0.1, 0.15) is 32.8 Å². The van der Waals surface area contributed by atoms with Gasteiger partial charge in [0, 0.05) is 18.7 Å². The molecule has 5 heteroatoms. The van der Waals surface area contributed by atoms with Crippen LogP contribution >= 0.6 is 0 Å². The average Bonchev–Trinajstić information content (AvgIpc) is 2.37. The first-order chi connectivity index (χ1) is 9.32. The molecule has 0 bridgehead atoms. The van der Waals surface area contributed by atoms with Crippen LogP contribution < -0.4 is 10.6 Å². The van der Waals surface area contributed by atoms with E-state index in [-0.39, 0.29) is 16.0 Å². The third kappa shape index (κ3) is 3.93. The summed E-state index contributed by atoms with van der Waals surface area (Å²) in [5.74, 6) is 0. The number of hydrogen-bond donors (Lipinski definition) is 1. The summed E-state index contributed by atoms with van der Waals surface area (Å²) < 4.78 is 0. The first kappa shape index (κ1) is 16.4. The second kappa shape index (κ2) is 6.70. The Balaban J connectivity index is 3.21. The first-order valence-electron chi connectivity index (χ1n) is 7.01. The summed E-state index contributed by atoms with van der Waals surface area (Å²) >= 11 is 0. The van der Waals surface area contributed by atoms with Gasteiger partial charge in [0.2, 0.25) is 0 Å². The van der Waals surface area contributed by atoms with Crippen molar-refractivity contribution >= 4 is 11.4 Å². The molecule has 1 rings (SSSR count). The Morgan fingerprint density at radius 3 is 2.55 bits per heavy atom. The zero-order chi connectivity index (χ0) is 15.3. The summed E-state index contributed by atoms with van der Waals surface area (Å²) in [6.07, 6.45) is 0.936. The van der Waals surface area contributed by atoms with Crippen LogP contribution in [0.5, 0.6) is 0 Å². The van der Waals surface area contributed by atoms with Gasteiger partial charge in [-0.25, -0.2) is 0 Å². The van der Waals surface area contributed by atoms with Gasteiger partial charge in [-0.2, -0.15) is 0 Å². The minimum Gasteiger partial charge on any atom is -0.365 e. The Morgan fingerprint density at radius 2 is 2.05 bits per heavy atom. The van der Waals surface area contributed by atoms with Gasteiger partial charge in [0.25, 0.3) is 5.69 Å². The zero-order valence-electron chi connectivity index (χ0n) is 12.8. The number of anilines is 1. The van der Waals surface area contributed by atoms with Crippen LogP contribution in [0, 0.1) is 22.5 Å². The van der Waals surface area contributed by atoms with Gasteiger partial charge in [-0.1, -0.05) is 32.9 Å². The molecule has 0 radical (unpaired) electrons. The van der Waals surface area contributed by atoms with Crippen LogP contribution in [0.3, 0.4) is 0 Å². The molecule has 5 nitrogen and oxygen atoms in total. The van der Waals surface area contributed by atoms with E-state index < -0.39 is 0 Å². The third-order valence-electron chi connectivity index (χ3n) is 3.40. The number of nitro groups is 1. The second-order valence-electron chi connectivity index (χ2n) is 5.99. The van der Waals surface area contributed by atoms with Crippen molar-refractivity contribution in [2.75, 3.05) is 24.5 Å². The van der Waals surface area contributed by atoms with E-state index in [1.54, 1.807) is 13.0 Å². The van der Waals surface area contributed by atoms with Crippen molar-refractivity contribution in [2.24, 2.45) is 11.1 Å². The smallest absolute Gasteiger partial charge is 0.295 e. The maximum absolute atomic E-state index is 11.3. The number of nitrogens with two attached hydrogens (primary N) is 1. The molecule has 0 fully saturated rings. The molecule has 112 valence electrons. The molecule has 2 N–H and O–H groups in total. The van der Waals surface area contributed by atoms with E-state index in [0.717, 1.165) is 13.0 Å². The van der Waals surface area contributed by atoms with Crippen molar-refractivity contribution in [3.05, 3.63) is 33.9 Å². The van der Waals surface area contributed by atoms with Crippen LogP contribution in [0.15, 0.2) is 18.2 Å². The molecule has 1 aromatic carbocycles. The first-order valence-corrected chi connectivity index (χ1v) is 7.01. The average molecular weight is 279 g/mol. The lowest BCUT2D eigenvalue weighted by atomic mass is 9.92. The number of rotatable bonds is 7. The van der Waals surface area contributed by atoms with E-state index in [9.17, 15) is 10.1 Å². The maximum atomic E-state index is 11.3. The van der Waals surface area contributed by atoms with Gasteiger partial charge in [-0.05, 0) is 31.4 Å². The Bertz CT molecular complexity index is 472. The van der Waals surface area contributed by atoms with Gasteiger partial charge in [0.1, 0.15) is 5.69 Å². The van der Waals surface area contributed by atoms with Crippen molar-refractivity contribution in [2.45, 2.75) is 34.1 Å². The topological polar surface area (TPSA) is 72.4 Å². The van der Waals surface area contributed by atoms with E-state index >= 15 is 0 Å². The molecular formula is C15H25N3O2. The highest BCUT2D eigenvalue weighted by Crippen LogP contribution is 2.33. The lowest BCUT2D eigenvalue weighted by Crippen LogP contribution is -2.39. The Hall–Kier alpha value is -1.62. The normalized spacial score (nSPS) is 11.4. The molecule has 0 amide bonds. The predicted octanol–water partition coefficient (Wildman–Crippen LogP) is 3.10. The number of hydrogen-bond acceptors (Lipinski definition) is 4. The summed E-state index contributed by atoms with van der Waals surface area (Å²) in [5.41, 5.74) is 7.31. The molecule has 0 aliphatic rings. The fraction of sp³-hybridized carbons (Fsp3) is 0.600. The molecule has 0 unspecified atom stereocenters. The number of nitrogens with zero attached hydrogens (tertiary/aromatic N) is 2. The van der Waals surface area contributed by atoms with Crippen LogP contribution in [0.4, 0.5) is 11.4 Å². The Labute approximate surface area is 120 Å². The van der Waals surface area contributed by atoms with Crippen LogP contribution in [0.2, 0.25) is 0 Å². The van der Waals surface area contributed by atoms with Crippen LogP contribution in [-0.2, 0) is 0 Å². The van der Waals surface area contributed by atoms with E-state index in [4.69, 9.17) is 5.73 Å². The number of para-hydroxylation sites is 1. The van der Waals surface area contributed by atoms with Crippen molar-refractivity contribution in [1.29, 1.82) is 0 Å². The molecule has 0 saturated heterocycles. The maximum Gasteiger partial charge on any atom is 0.295 e. The van der Waals surface area contributed by atoms with Crippen molar-refractivity contribution < 1.29 is 4.92 Å². The summed E-state index contributed by atoms with van der Waals surface area (Å²) in [4.78, 5) is 13.1. The highest BCUT2D eigenvalue weighted by Gasteiger charge is 2.26. The molecule has 0 spiro atoms. The van der Waals surface area contributed by atoms with Crippen molar-refractivity contribution in [1.82, 2.24) is 0 Å². The van der Waals surface area contributed by atoms with E-state index in [1.807, 2.05) is 12.1 Å². The molecule has 0 aliphatic heterocycles. The lowest BCUT2D eigenvalue weighted by molar-refractivity contribution is -0.384. The van der Waals surface area contributed by atoms with Crippen molar-refractivity contribution in [3.63, 3.8) is 0 Å².